The number of benzene rings is 2. The van der Waals surface area contributed by atoms with Crippen LogP contribution >= 0.6 is 0 Å². The lowest BCUT2D eigenvalue weighted by Crippen LogP contribution is -2.44. The second kappa shape index (κ2) is 10.0. The number of rotatable bonds is 7. The Morgan fingerprint density at radius 1 is 0.912 bits per heavy atom. The number of nitrogens with zero attached hydrogens (tertiary/aromatic N) is 1. The molecule has 1 aromatic heterocycles. The van der Waals surface area contributed by atoms with E-state index in [0.29, 0.717) is 0 Å². The average molecular weight is 468 g/mol. The maximum absolute atomic E-state index is 13.8. The van der Waals surface area contributed by atoms with Crippen molar-refractivity contribution in [2.75, 3.05) is 0 Å². The van der Waals surface area contributed by atoms with Crippen molar-refractivity contribution >= 4 is 0 Å². The Morgan fingerprint density at radius 2 is 1.47 bits per heavy atom. The van der Waals surface area contributed by atoms with Gasteiger partial charge in [-0.05, 0) is 86.2 Å². The first-order chi connectivity index (χ1) is 16.2. The fraction of sp³-hybridized carbons (Fsp3) is 0.448. The fourth-order valence-corrected chi connectivity index (χ4v) is 4.98. The second-order valence-electron chi connectivity index (χ2n) is 9.96. The molecule has 1 aliphatic heterocycles. The predicted octanol–water partition coefficient (Wildman–Crippen LogP) is 7.93. The van der Waals surface area contributed by atoms with Crippen molar-refractivity contribution in [2.45, 2.75) is 84.3 Å². The van der Waals surface area contributed by atoms with Gasteiger partial charge in [0.05, 0.1) is 17.9 Å². The molecule has 1 saturated heterocycles. The molecule has 0 bridgehead atoms. The average Bonchev–Trinajstić information content (AvgIpc) is 3.17. The van der Waals surface area contributed by atoms with Gasteiger partial charge in [0.1, 0.15) is 11.6 Å². The van der Waals surface area contributed by atoms with E-state index < -0.39 is 5.79 Å². The molecule has 0 spiro atoms. The number of hydrogen-bond acceptors (Lipinski definition) is 2. The second-order valence-corrected chi connectivity index (χ2v) is 9.96. The van der Waals surface area contributed by atoms with Crippen LogP contribution in [0.4, 0.5) is 8.78 Å². The monoisotopic (exact) mass is 467 g/mol. The molecule has 0 unspecified atom stereocenters. The zero-order chi connectivity index (χ0) is 24.5. The summed E-state index contributed by atoms with van der Waals surface area (Å²) < 4.78 is 42.1. The van der Waals surface area contributed by atoms with Gasteiger partial charge in [-0.15, -0.1) is 0 Å². The van der Waals surface area contributed by atoms with Crippen molar-refractivity contribution in [3.8, 4) is 22.4 Å². The standard InChI is InChI=1S/C29H35F2NO2/c1-6-24-17-25(34-29(4,5)33-24)15-16-32-27(19(2)3)18-26(20-7-11-22(30)12-8-20)28(32)21-9-13-23(31)14-10-21/h7-14,18-19,24-25H,6,15-17H2,1-5H3/t24-,25+/m0/s1. The van der Waals surface area contributed by atoms with Crippen LogP contribution in [0.2, 0.25) is 0 Å². The summed E-state index contributed by atoms with van der Waals surface area (Å²) in [6, 6.07) is 15.4. The lowest BCUT2D eigenvalue weighted by molar-refractivity contribution is -0.300. The molecule has 3 nitrogen and oxygen atoms in total. The Labute approximate surface area is 201 Å². The van der Waals surface area contributed by atoms with Crippen LogP contribution in [0, 0.1) is 11.6 Å². The van der Waals surface area contributed by atoms with E-state index in [0.717, 1.165) is 48.2 Å². The summed E-state index contributed by atoms with van der Waals surface area (Å²) >= 11 is 0. The van der Waals surface area contributed by atoms with E-state index in [4.69, 9.17) is 9.47 Å². The minimum Gasteiger partial charge on any atom is -0.347 e. The first-order valence-electron chi connectivity index (χ1n) is 12.3. The first-order valence-corrected chi connectivity index (χ1v) is 12.3. The van der Waals surface area contributed by atoms with Gasteiger partial charge in [-0.1, -0.05) is 32.9 Å². The van der Waals surface area contributed by atoms with Crippen molar-refractivity contribution in [1.29, 1.82) is 0 Å². The number of aromatic nitrogens is 1. The third-order valence-electron chi connectivity index (χ3n) is 6.55. The van der Waals surface area contributed by atoms with E-state index in [2.05, 4.69) is 31.4 Å². The Balaban J connectivity index is 1.75. The highest BCUT2D eigenvalue weighted by Gasteiger charge is 2.34. The Kier molecular flexibility index (Phi) is 7.25. The van der Waals surface area contributed by atoms with E-state index in [1.807, 2.05) is 38.1 Å². The Bertz CT molecular complexity index is 1100. The molecule has 1 aliphatic rings. The summed E-state index contributed by atoms with van der Waals surface area (Å²) in [7, 11) is 0. The minimum atomic E-state index is -0.597. The van der Waals surface area contributed by atoms with Gasteiger partial charge in [0.25, 0.3) is 0 Å². The maximum atomic E-state index is 13.8. The molecule has 182 valence electrons. The van der Waals surface area contributed by atoms with Crippen LogP contribution in [0.15, 0.2) is 54.6 Å². The lowest BCUT2D eigenvalue weighted by atomic mass is 10.0. The molecule has 2 aromatic carbocycles. The highest BCUT2D eigenvalue weighted by Crippen LogP contribution is 2.39. The van der Waals surface area contributed by atoms with Crippen LogP contribution in [-0.2, 0) is 16.0 Å². The smallest absolute Gasteiger partial charge is 0.163 e. The van der Waals surface area contributed by atoms with Crippen molar-refractivity contribution in [3.05, 3.63) is 71.9 Å². The number of hydrogen-bond donors (Lipinski definition) is 0. The van der Waals surface area contributed by atoms with Crippen molar-refractivity contribution in [2.24, 2.45) is 0 Å². The minimum absolute atomic E-state index is 0.0893. The van der Waals surface area contributed by atoms with Gasteiger partial charge in [-0.3, -0.25) is 0 Å². The largest absolute Gasteiger partial charge is 0.347 e. The van der Waals surface area contributed by atoms with Gasteiger partial charge < -0.3 is 14.0 Å². The van der Waals surface area contributed by atoms with Crippen LogP contribution in [0.3, 0.4) is 0 Å². The number of ether oxygens (including phenoxy) is 2. The van der Waals surface area contributed by atoms with Gasteiger partial charge in [-0.25, -0.2) is 8.78 Å². The molecule has 0 amide bonds. The number of halogens is 2. The van der Waals surface area contributed by atoms with Crippen molar-refractivity contribution < 1.29 is 18.3 Å². The van der Waals surface area contributed by atoms with E-state index in [1.54, 1.807) is 0 Å². The van der Waals surface area contributed by atoms with Crippen LogP contribution in [-0.4, -0.2) is 22.6 Å². The molecular formula is C29H35F2NO2. The third-order valence-corrected chi connectivity index (χ3v) is 6.55. The molecule has 34 heavy (non-hydrogen) atoms. The molecule has 0 radical (unpaired) electrons. The maximum Gasteiger partial charge on any atom is 0.163 e. The van der Waals surface area contributed by atoms with Crippen LogP contribution in [0.5, 0.6) is 0 Å². The Morgan fingerprint density at radius 3 is 2.03 bits per heavy atom. The summed E-state index contributed by atoms with van der Waals surface area (Å²) in [5.74, 6) is -0.845. The summed E-state index contributed by atoms with van der Waals surface area (Å²) in [6.07, 6.45) is 2.95. The molecular weight excluding hydrogens is 432 g/mol. The van der Waals surface area contributed by atoms with Gasteiger partial charge in [-0.2, -0.15) is 0 Å². The van der Waals surface area contributed by atoms with Crippen molar-refractivity contribution in [3.63, 3.8) is 0 Å². The first kappa shape index (κ1) is 24.6. The summed E-state index contributed by atoms with van der Waals surface area (Å²) in [4.78, 5) is 0. The van der Waals surface area contributed by atoms with Crippen LogP contribution in [0.1, 0.15) is 65.5 Å². The molecule has 0 aliphatic carbocycles. The molecule has 2 heterocycles. The van der Waals surface area contributed by atoms with Crippen molar-refractivity contribution in [1.82, 2.24) is 4.57 Å². The van der Waals surface area contributed by atoms with Gasteiger partial charge in [0.15, 0.2) is 5.79 Å². The fourth-order valence-electron chi connectivity index (χ4n) is 4.98. The van der Waals surface area contributed by atoms with Gasteiger partial charge >= 0.3 is 0 Å². The summed E-state index contributed by atoms with van der Waals surface area (Å²) in [6.45, 7) is 11.2. The molecule has 2 atom stereocenters. The van der Waals surface area contributed by atoms with E-state index in [1.165, 1.54) is 30.0 Å². The topological polar surface area (TPSA) is 23.4 Å². The SMILES string of the molecule is CC[C@H]1C[C@@H](CCn2c(C(C)C)cc(-c3ccc(F)cc3)c2-c2ccc(F)cc2)OC(C)(C)O1. The zero-order valence-corrected chi connectivity index (χ0v) is 20.8. The highest BCUT2D eigenvalue weighted by molar-refractivity contribution is 5.82. The van der Waals surface area contributed by atoms with Crippen LogP contribution in [0.25, 0.3) is 22.4 Å². The summed E-state index contributed by atoms with van der Waals surface area (Å²) in [5, 5.41) is 0. The quantitative estimate of drug-likeness (QED) is 0.352. The van der Waals surface area contributed by atoms with E-state index in [-0.39, 0.29) is 29.8 Å². The molecule has 0 N–H and O–H groups in total. The molecule has 3 aromatic rings. The molecule has 5 heteroatoms. The normalized spacial score (nSPS) is 20.1. The molecule has 0 saturated carbocycles. The molecule has 4 rings (SSSR count). The van der Waals surface area contributed by atoms with Crippen LogP contribution < -0.4 is 0 Å². The predicted molar refractivity (Wildman–Crippen MR) is 133 cm³/mol. The third kappa shape index (κ3) is 5.42. The van der Waals surface area contributed by atoms with E-state index >= 15 is 0 Å². The zero-order valence-electron chi connectivity index (χ0n) is 20.8. The van der Waals surface area contributed by atoms with Gasteiger partial charge in [0, 0.05) is 24.2 Å². The highest BCUT2D eigenvalue weighted by atomic mass is 19.1. The lowest BCUT2D eigenvalue weighted by Gasteiger charge is -2.41. The summed E-state index contributed by atoms with van der Waals surface area (Å²) in [5.41, 5.74) is 5.11. The van der Waals surface area contributed by atoms with Gasteiger partial charge in [0.2, 0.25) is 0 Å². The Hall–Kier alpha value is -2.50. The molecule has 1 fully saturated rings. The van der Waals surface area contributed by atoms with E-state index in [9.17, 15) is 8.78 Å².